The van der Waals surface area contributed by atoms with Gasteiger partial charge in [-0.15, -0.1) is 0 Å². The summed E-state index contributed by atoms with van der Waals surface area (Å²) >= 11 is 0. The second-order valence-corrected chi connectivity index (χ2v) is 5.95. The molecule has 0 fully saturated rings. The monoisotopic (exact) mass is 266 g/mol. The standard InChI is InChI=1S/C15H26N2O2/c1-10-11(2)19-12(3)13(10)14(18)17-9-15(4,5)7-6-8-16/h6-9,16H2,1-5H3,(H,17,18). The summed E-state index contributed by atoms with van der Waals surface area (Å²) in [5.74, 6) is 1.45. The molecule has 1 aromatic heterocycles. The molecule has 1 rings (SSSR count). The molecule has 0 radical (unpaired) electrons. The summed E-state index contributed by atoms with van der Waals surface area (Å²) in [7, 11) is 0. The van der Waals surface area contributed by atoms with Crippen LogP contribution in [0.3, 0.4) is 0 Å². The number of nitrogens with two attached hydrogens (primary N) is 1. The van der Waals surface area contributed by atoms with Gasteiger partial charge in [0.05, 0.1) is 5.56 Å². The Balaban J connectivity index is 2.65. The van der Waals surface area contributed by atoms with E-state index in [1.54, 1.807) is 0 Å². The third kappa shape index (κ3) is 4.10. The van der Waals surface area contributed by atoms with Crippen molar-refractivity contribution < 1.29 is 9.21 Å². The average Bonchev–Trinajstić information content (AvgIpc) is 2.58. The van der Waals surface area contributed by atoms with E-state index in [1.165, 1.54) is 0 Å². The first-order chi connectivity index (χ1) is 8.78. The Labute approximate surface area is 115 Å². The Hall–Kier alpha value is -1.29. The Kier molecular flexibility index (Phi) is 5.18. The van der Waals surface area contributed by atoms with Gasteiger partial charge >= 0.3 is 0 Å². The van der Waals surface area contributed by atoms with Gasteiger partial charge in [0.1, 0.15) is 11.5 Å². The van der Waals surface area contributed by atoms with Crippen molar-refractivity contribution in [1.29, 1.82) is 0 Å². The lowest BCUT2D eigenvalue weighted by Gasteiger charge is -2.24. The molecule has 0 atom stereocenters. The lowest BCUT2D eigenvalue weighted by molar-refractivity contribution is 0.0932. The van der Waals surface area contributed by atoms with Gasteiger partial charge in [-0.05, 0) is 45.6 Å². The van der Waals surface area contributed by atoms with Crippen molar-refractivity contribution >= 4 is 5.91 Å². The Bertz CT molecular complexity index is 447. The Morgan fingerprint density at radius 3 is 2.37 bits per heavy atom. The molecule has 0 bridgehead atoms. The van der Waals surface area contributed by atoms with E-state index < -0.39 is 0 Å². The van der Waals surface area contributed by atoms with Crippen molar-refractivity contribution in [2.24, 2.45) is 11.1 Å². The number of amides is 1. The van der Waals surface area contributed by atoms with Crippen LogP contribution < -0.4 is 11.1 Å². The molecule has 0 aliphatic carbocycles. The third-order valence-electron chi connectivity index (χ3n) is 3.57. The molecule has 0 spiro atoms. The first-order valence-electron chi connectivity index (χ1n) is 6.83. The van der Waals surface area contributed by atoms with E-state index in [4.69, 9.17) is 10.2 Å². The molecular formula is C15H26N2O2. The SMILES string of the molecule is Cc1oc(C)c(C(=O)NCC(C)(C)CCCN)c1C. The topological polar surface area (TPSA) is 68.3 Å². The minimum Gasteiger partial charge on any atom is -0.466 e. The zero-order chi connectivity index (χ0) is 14.6. The number of rotatable bonds is 6. The highest BCUT2D eigenvalue weighted by Crippen LogP contribution is 2.23. The maximum Gasteiger partial charge on any atom is 0.255 e. The van der Waals surface area contributed by atoms with Crippen LogP contribution in [0.1, 0.15) is 54.1 Å². The fourth-order valence-corrected chi connectivity index (χ4v) is 2.20. The maximum atomic E-state index is 12.2. The van der Waals surface area contributed by atoms with Gasteiger partial charge in [0, 0.05) is 12.1 Å². The molecule has 0 unspecified atom stereocenters. The molecule has 19 heavy (non-hydrogen) atoms. The van der Waals surface area contributed by atoms with E-state index in [-0.39, 0.29) is 11.3 Å². The molecule has 0 saturated carbocycles. The van der Waals surface area contributed by atoms with Gasteiger partial charge in [-0.1, -0.05) is 13.8 Å². The molecule has 0 saturated heterocycles. The van der Waals surface area contributed by atoms with Crippen LogP contribution >= 0.6 is 0 Å². The lowest BCUT2D eigenvalue weighted by Crippen LogP contribution is -2.34. The van der Waals surface area contributed by atoms with Crippen LogP contribution in [-0.4, -0.2) is 19.0 Å². The number of carbonyl (C=O) groups is 1. The summed E-state index contributed by atoms with van der Waals surface area (Å²) in [4.78, 5) is 12.2. The highest BCUT2D eigenvalue weighted by molar-refractivity contribution is 5.96. The van der Waals surface area contributed by atoms with Gasteiger partial charge in [0.2, 0.25) is 0 Å². The zero-order valence-corrected chi connectivity index (χ0v) is 12.7. The minimum atomic E-state index is -0.0485. The van der Waals surface area contributed by atoms with Gasteiger partial charge in [0.25, 0.3) is 5.91 Å². The van der Waals surface area contributed by atoms with Crippen molar-refractivity contribution in [3.63, 3.8) is 0 Å². The van der Waals surface area contributed by atoms with Gasteiger partial charge < -0.3 is 15.5 Å². The van der Waals surface area contributed by atoms with Crippen molar-refractivity contribution in [2.45, 2.75) is 47.5 Å². The second kappa shape index (κ2) is 6.24. The van der Waals surface area contributed by atoms with E-state index in [1.807, 2.05) is 20.8 Å². The zero-order valence-electron chi connectivity index (χ0n) is 12.7. The summed E-state index contributed by atoms with van der Waals surface area (Å²) in [5.41, 5.74) is 7.19. The average molecular weight is 266 g/mol. The fourth-order valence-electron chi connectivity index (χ4n) is 2.20. The number of carbonyl (C=O) groups excluding carboxylic acids is 1. The number of hydrogen-bond donors (Lipinski definition) is 2. The molecule has 4 nitrogen and oxygen atoms in total. The smallest absolute Gasteiger partial charge is 0.255 e. The normalized spacial score (nSPS) is 11.7. The molecule has 1 amide bonds. The summed E-state index contributed by atoms with van der Waals surface area (Å²) in [6.45, 7) is 11.2. The number of hydrogen-bond acceptors (Lipinski definition) is 3. The van der Waals surface area contributed by atoms with Gasteiger partial charge in [-0.25, -0.2) is 0 Å². The lowest BCUT2D eigenvalue weighted by atomic mass is 9.87. The molecule has 3 N–H and O–H groups in total. The number of aryl methyl sites for hydroxylation is 2. The molecule has 108 valence electrons. The van der Waals surface area contributed by atoms with Gasteiger partial charge in [-0.2, -0.15) is 0 Å². The predicted molar refractivity (Wildman–Crippen MR) is 77.3 cm³/mol. The fraction of sp³-hybridized carbons (Fsp3) is 0.667. The molecule has 1 heterocycles. The summed E-state index contributed by atoms with van der Waals surface area (Å²) in [6.07, 6.45) is 1.98. The van der Waals surface area contributed by atoms with Crippen molar-refractivity contribution in [3.05, 3.63) is 22.6 Å². The van der Waals surface area contributed by atoms with Crippen molar-refractivity contribution in [1.82, 2.24) is 5.32 Å². The van der Waals surface area contributed by atoms with Crippen molar-refractivity contribution in [2.75, 3.05) is 13.1 Å². The van der Waals surface area contributed by atoms with E-state index in [0.29, 0.717) is 24.4 Å². The summed E-state index contributed by atoms with van der Waals surface area (Å²) in [5, 5.41) is 3.00. The third-order valence-corrected chi connectivity index (χ3v) is 3.57. The van der Waals surface area contributed by atoms with Crippen LogP contribution in [0.2, 0.25) is 0 Å². The Morgan fingerprint density at radius 1 is 1.26 bits per heavy atom. The molecule has 1 aromatic rings. The van der Waals surface area contributed by atoms with Crippen LogP contribution in [0.4, 0.5) is 0 Å². The van der Waals surface area contributed by atoms with E-state index in [0.717, 1.165) is 24.2 Å². The van der Waals surface area contributed by atoms with E-state index in [2.05, 4.69) is 19.2 Å². The van der Waals surface area contributed by atoms with E-state index in [9.17, 15) is 4.79 Å². The van der Waals surface area contributed by atoms with Crippen LogP contribution in [0.5, 0.6) is 0 Å². The predicted octanol–water partition coefficient (Wildman–Crippen LogP) is 2.70. The largest absolute Gasteiger partial charge is 0.466 e. The Morgan fingerprint density at radius 2 is 1.89 bits per heavy atom. The maximum absolute atomic E-state index is 12.2. The molecular weight excluding hydrogens is 240 g/mol. The van der Waals surface area contributed by atoms with Crippen molar-refractivity contribution in [3.8, 4) is 0 Å². The van der Waals surface area contributed by atoms with Gasteiger partial charge in [0.15, 0.2) is 0 Å². The number of furan rings is 1. The number of nitrogens with one attached hydrogen (secondary N) is 1. The summed E-state index contributed by atoms with van der Waals surface area (Å²) in [6, 6.07) is 0. The molecule has 0 aliphatic rings. The highest BCUT2D eigenvalue weighted by atomic mass is 16.3. The molecule has 0 aliphatic heterocycles. The summed E-state index contributed by atoms with van der Waals surface area (Å²) < 4.78 is 5.49. The molecule has 4 heteroatoms. The second-order valence-electron chi connectivity index (χ2n) is 5.95. The minimum absolute atomic E-state index is 0.0485. The van der Waals surface area contributed by atoms with Crippen LogP contribution in [-0.2, 0) is 0 Å². The first-order valence-corrected chi connectivity index (χ1v) is 6.83. The van der Waals surface area contributed by atoms with Crippen LogP contribution in [0.15, 0.2) is 4.42 Å². The quantitative estimate of drug-likeness (QED) is 0.831. The molecule has 0 aromatic carbocycles. The van der Waals surface area contributed by atoms with Gasteiger partial charge in [-0.3, -0.25) is 4.79 Å². The first kappa shape index (κ1) is 15.8. The van der Waals surface area contributed by atoms with Crippen LogP contribution in [0.25, 0.3) is 0 Å². The van der Waals surface area contributed by atoms with Crippen LogP contribution in [0, 0.1) is 26.2 Å². The highest BCUT2D eigenvalue weighted by Gasteiger charge is 2.22. The van der Waals surface area contributed by atoms with E-state index >= 15 is 0 Å².